The second-order valence-electron chi connectivity index (χ2n) is 11.9. The van der Waals surface area contributed by atoms with Crippen LogP contribution in [-0.2, 0) is 9.53 Å². The number of anilines is 1. The molecule has 7 rings (SSSR count). The zero-order chi connectivity index (χ0) is 32.7. The molecule has 3 fully saturated rings. The summed E-state index contributed by atoms with van der Waals surface area (Å²) in [5, 5.41) is 2.09. The maximum Gasteiger partial charge on any atom is 0.319 e. The van der Waals surface area contributed by atoms with Gasteiger partial charge in [0, 0.05) is 78.7 Å². The Morgan fingerprint density at radius 3 is 2.85 bits per heavy atom. The SMILES string of the molecule is [C-]#[N+]C[C@H]1CN(c2nc(OCCCN3C[C@@H]4C[C@H]3CO4)nc3c(F)c(-c4cncc5cccc(Cl)c45)ncc23)CCN1C(=O)C(=C)F. The van der Waals surface area contributed by atoms with Crippen LogP contribution in [0.15, 0.2) is 49.2 Å². The standard InChI is InChI=1S/C33H31ClF2N8O3/c1-19(35)32(45)44-9-8-43(16-22(44)13-37-2)31-25-15-39-29(24-14-38-12-20-5-3-6-26(34)27(20)24)28(36)30(25)40-33(41-31)46-10-4-7-42-17-23-11-21(42)18-47-23/h3,5-6,12,14-15,21-23H,1,4,7-11,13,16-18H2/t21-,22-,23-/m0/s1. The van der Waals surface area contributed by atoms with Crippen molar-refractivity contribution < 1.29 is 23.0 Å². The number of aromatic nitrogens is 4. The van der Waals surface area contributed by atoms with Crippen molar-refractivity contribution in [2.24, 2.45) is 0 Å². The van der Waals surface area contributed by atoms with E-state index >= 15 is 4.39 Å². The average Bonchev–Trinajstić information content (AvgIpc) is 3.70. The Morgan fingerprint density at radius 2 is 2.09 bits per heavy atom. The van der Waals surface area contributed by atoms with Gasteiger partial charge < -0.3 is 24.1 Å². The number of ether oxygens (including phenoxy) is 2. The van der Waals surface area contributed by atoms with E-state index in [1.54, 1.807) is 18.3 Å². The molecule has 242 valence electrons. The molecule has 0 N–H and O–H groups in total. The van der Waals surface area contributed by atoms with Gasteiger partial charge in [-0.15, -0.1) is 0 Å². The molecule has 3 saturated heterocycles. The van der Waals surface area contributed by atoms with Crippen LogP contribution >= 0.6 is 11.6 Å². The number of morpholine rings is 1. The minimum Gasteiger partial charge on any atom is -0.463 e. The number of amides is 1. The van der Waals surface area contributed by atoms with Gasteiger partial charge in [-0.05, 0) is 18.9 Å². The summed E-state index contributed by atoms with van der Waals surface area (Å²) in [6.45, 7) is 13.8. The number of piperazine rings is 1. The lowest BCUT2D eigenvalue weighted by atomic mass is 10.0. The molecule has 3 aliphatic heterocycles. The molecule has 0 saturated carbocycles. The number of carbonyl (C=O) groups is 1. The first-order chi connectivity index (χ1) is 22.8. The van der Waals surface area contributed by atoms with E-state index < -0.39 is 23.6 Å². The van der Waals surface area contributed by atoms with Crippen molar-refractivity contribution in [3.63, 3.8) is 0 Å². The van der Waals surface area contributed by atoms with Crippen molar-refractivity contribution >= 4 is 45.0 Å². The summed E-state index contributed by atoms with van der Waals surface area (Å²) in [4.78, 5) is 39.5. The Bertz CT molecular complexity index is 1920. The van der Waals surface area contributed by atoms with E-state index in [-0.39, 0.29) is 43.4 Å². The van der Waals surface area contributed by atoms with Gasteiger partial charge in [-0.1, -0.05) is 30.3 Å². The van der Waals surface area contributed by atoms with Crippen LogP contribution in [-0.4, -0.2) is 106 Å². The van der Waals surface area contributed by atoms with Crippen LogP contribution in [0.5, 0.6) is 6.01 Å². The monoisotopic (exact) mass is 660 g/mol. The predicted octanol–water partition coefficient (Wildman–Crippen LogP) is 4.69. The van der Waals surface area contributed by atoms with Crippen LogP contribution < -0.4 is 9.64 Å². The molecule has 0 radical (unpaired) electrons. The maximum absolute atomic E-state index is 16.6. The molecule has 3 aliphatic rings. The number of halogens is 3. The Balaban J connectivity index is 1.24. The van der Waals surface area contributed by atoms with Gasteiger partial charge in [-0.25, -0.2) is 15.4 Å². The second-order valence-corrected chi connectivity index (χ2v) is 12.3. The number of carbonyl (C=O) groups excluding carboxylic acids is 1. The van der Waals surface area contributed by atoms with E-state index in [0.29, 0.717) is 52.3 Å². The molecule has 11 nitrogen and oxygen atoms in total. The van der Waals surface area contributed by atoms with Gasteiger partial charge in [0.1, 0.15) is 23.1 Å². The molecule has 47 heavy (non-hydrogen) atoms. The largest absolute Gasteiger partial charge is 0.463 e. The molecular formula is C33H31ClF2N8O3. The molecule has 0 spiro atoms. The van der Waals surface area contributed by atoms with Crippen LogP contribution in [0.25, 0.3) is 37.8 Å². The molecule has 0 aliphatic carbocycles. The number of hydrogen-bond donors (Lipinski definition) is 0. The van der Waals surface area contributed by atoms with E-state index in [2.05, 4.69) is 36.3 Å². The van der Waals surface area contributed by atoms with Gasteiger partial charge in [-0.2, -0.15) is 9.97 Å². The Hall–Kier alpha value is -4.51. The topological polar surface area (TPSA) is 101 Å². The van der Waals surface area contributed by atoms with Gasteiger partial charge in [0.25, 0.3) is 5.91 Å². The number of nitrogens with zero attached hydrogens (tertiary/aromatic N) is 8. The third kappa shape index (κ3) is 5.93. The Morgan fingerprint density at radius 1 is 1.21 bits per heavy atom. The van der Waals surface area contributed by atoms with Gasteiger partial charge in [0.15, 0.2) is 11.6 Å². The zero-order valence-corrected chi connectivity index (χ0v) is 26.2. The van der Waals surface area contributed by atoms with Crippen LogP contribution in [0.3, 0.4) is 0 Å². The molecule has 3 aromatic heterocycles. The van der Waals surface area contributed by atoms with E-state index in [0.717, 1.165) is 31.5 Å². The summed E-state index contributed by atoms with van der Waals surface area (Å²) < 4.78 is 42.2. The second kappa shape index (κ2) is 12.9. The average molecular weight is 661 g/mol. The minimum absolute atomic E-state index is 0.00886. The molecule has 0 unspecified atom stereocenters. The smallest absolute Gasteiger partial charge is 0.319 e. The van der Waals surface area contributed by atoms with E-state index in [1.165, 1.54) is 17.3 Å². The van der Waals surface area contributed by atoms with Crippen molar-refractivity contribution in [1.29, 1.82) is 0 Å². The van der Waals surface area contributed by atoms with Crippen molar-refractivity contribution in [1.82, 2.24) is 29.7 Å². The lowest BCUT2D eigenvalue weighted by Gasteiger charge is -2.39. The molecule has 14 heteroatoms. The van der Waals surface area contributed by atoms with Crippen LogP contribution in [0.1, 0.15) is 12.8 Å². The number of benzene rings is 1. The maximum atomic E-state index is 16.6. The fraction of sp³-hybridized carbons (Fsp3) is 0.394. The third-order valence-electron chi connectivity index (χ3n) is 9.04. The summed E-state index contributed by atoms with van der Waals surface area (Å²) in [7, 11) is 0. The first kappa shape index (κ1) is 31.1. The quantitative estimate of drug-likeness (QED) is 0.144. The summed E-state index contributed by atoms with van der Waals surface area (Å²) in [6, 6.07) is 5.14. The summed E-state index contributed by atoms with van der Waals surface area (Å²) in [5.41, 5.74) is 0.425. The molecule has 1 amide bonds. The lowest BCUT2D eigenvalue weighted by Crippen LogP contribution is -2.56. The molecular weight excluding hydrogens is 630 g/mol. The summed E-state index contributed by atoms with van der Waals surface area (Å²) in [6.07, 6.45) is 6.74. The molecule has 4 aromatic rings. The van der Waals surface area contributed by atoms with Crippen LogP contribution in [0.4, 0.5) is 14.6 Å². The minimum atomic E-state index is -1.09. The third-order valence-corrected chi connectivity index (χ3v) is 9.36. The van der Waals surface area contributed by atoms with E-state index in [1.807, 2.05) is 11.0 Å². The molecule has 1 aromatic carbocycles. The summed E-state index contributed by atoms with van der Waals surface area (Å²) >= 11 is 6.55. The normalized spacial score (nSPS) is 21.0. The van der Waals surface area contributed by atoms with Gasteiger partial charge in [-0.3, -0.25) is 19.7 Å². The Kier molecular flexibility index (Phi) is 8.57. The first-order valence-electron chi connectivity index (χ1n) is 15.4. The van der Waals surface area contributed by atoms with Crippen molar-refractivity contribution in [2.45, 2.75) is 31.0 Å². The number of fused-ring (bicyclic) bond motifs is 4. The van der Waals surface area contributed by atoms with E-state index in [9.17, 15) is 9.18 Å². The highest BCUT2D eigenvalue weighted by molar-refractivity contribution is 6.36. The molecule has 3 atom stereocenters. The van der Waals surface area contributed by atoms with Crippen LogP contribution in [0.2, 0.25) is 5.02 Å². The zero-order valence-electron chi connectivity index (χ0n) is 25.4. The van der Waals surface area contributed by atoms with Crippen LogP contribution in [0, 0.1) is 12.4 Å². The number of rotatable bonds is 9. The molecule has 6 heterocycles. The van der Waals surface area contributed by atoms with Crippen molar-refractivity contribution in [3.05, 3.63) is 71.5 Å². The lowest BCUT2D eigenvalue weighted by molar-refractivity contribution is -0.131. The van der Waals surface area contributed by atoms with Gasteiger partial charge in [0.05, 0.1) is 24.7 Å². The fourth-order valence-electron chi connectivity index (χ4n) is 6.80. The number of hydrogen-bond acceptors (Lipinski definition) is 9. The highest BCUT2D eigenvalue weighted by Crippen LogP contribution is 2.37. The Labute approximate surface area is 274 Å². The predicted molar refractivity (Wildman–Crippen MR) is 172 cm³/mol. The van der Waals surface area contributed by atoms with Gasteiger partial charge in [0.2, 0.25) is 6.54 Å². The van der Waals surface area contributed by atoms with Crippen molar-refractivity contribution in [3.8, 4) is 17.3 Å². The highest BCUT2D eigenvalue weighted by Gasteiger charge is 2.38. The first-order valence-corrected chi connectivity index (χ1v) is 15.8. The number of likely N-dealkylation sites (tertiary alicyclic amines) is 1. The van der Waals surface area contributed by atoms with Crippen molar-refractivity contribution in [2.75, 3.05) is 57.4 Å². The summed E-state index contributed by atoms with van der Waals surface area (Å²) in [5.74, 6) is -2.30. The molecule has 2 bridgehead atoms. The van der Waals surface area contributed by atoms with E-state index in [4.69, 9.17) is 27.6 Å². The highest BCUT2D eigenvalue weighted by atomic mass is 35.5. The van der Waals surface area contributed by atoms with Gasteiger partial charge >= 0.3 is 6.01 Å². The fourth-order valence-corrected chi connectivity index (χ4v) is 7.08. The number of pyridine rings is 2.